The first-order chi connectivity index (χ1) is 13.7. The highest BCUT2D eigenvalue weighted by Gasteiger charge is 2.44. The molecule has 28 heavy (non-hydrogen) atoms. The van der Waals surface area contributed by atoms with Crippen molar-refractivity contribution in [3.05, 3.63) is 53.8 Å². The van der Waals surface area contributed by atoms with Gasteiger partial charge in [0.2, 0.25) is 0 Å². The normalized spacial score (nSPS) is 23.5. The molecule has 2 atom stereocenters. The van der Waals surface area contributed by atoms with Crippen LogP contribution in [0.2, 0.25) is 0 Å². The van der Waals surface area contributed by atoms with Crippen LogP contribution in [-0.2, 0) is 0 Å². The number of likely N-dealkylation sites (N-methyl/N-ethyl adjacent to an activating group) is 1. The quantitative estimate of drug-likeness (QED) is 0.735. The van der Waals surface area contributed by atoms with Crippen LogP contribution in [0.1, 0.15) is 24.3 Å². The molecule has 0 spiro atoms. The highest BCUT2D eigenvalue weighted by Crippen LogP contribution is 2.50. The maximum Gasteiger partial charge on any atom is 0.123 e. The Kier molecular flexibility index (Phi) is 4.63. The molecule has 0 N–H and O–H groups in total. The predicted octanol–water partition coefficient (Wildman–Crippen LogP) is 3.72. The Balaban J connectivity index is 1.20. The van der Waals surface area contributed by atoms with E-state index in [1.165, 1.54) is 29.9 Å². The second-order valence-electron chi connectivity index (χ2n) is 8.25. The summed E-state index contributed by atoms with van der Waals surface area (Å²) in [5.74, 6) is 1.14. The van der Waals surface area contributed by atoms with Crippen LogP contribution >= 0.6 is 0 Å². The van der Waals surface area contributed by atoms with Gasteiger partial charge < -0.3 is 19.4 Å². The third kappa shape index (κ3) is 3.12. The molecule has 3 aliphatic rings. The van der Waals surface area contributed by atoms with Crippen LogP contribution in [-0.4, -0.2) is 57.3 Å². The Hall–Kier alpha value is -2.27. The number of halogens is 1. The zero-order valence-corrected chi connectivity index (χ0v) is 16.5. The first-order valence-corrected chi connectivity index (χ1v) is 10.4. The number of rotatable bonds is 5. The molecule has 0 amide bonds. The summed E-state index contributed by atoms with van der Waals surface area (Å²) >= 11 is 0. The Morgan fingerprint density at radius 1 is 1.07 bits per heavy atom. The van der Waals surface area contributed by atoms with Gasteiger partial charge in [-0.1, -0.05) is 12.1 Å². The fourth-order valence-corrected chi connectivity index (χ4v) is 5.19. The summed E-state index contributed by atoms with van der Waals surface area (Å²) in [5.41, 5.74) is 4.44. The average Bonchev–Trinajstić information content (AvgIpc) is 3.04. The number of likely N-dealkylation sites (tertiary alicyclic amines) is 1. The van der Waals surface area contributed by atoms with Crippen LogP contribution in [0, 0.1) is 5.82 Å². The first-order valence-electron chi connectivity index (χ1n) is 10.4. The number of ether oxygens (including phenoxy) is 1. The maximum absolute atomic E-state index is 13.0. The second kappa shape index (κ2) is 7.28. The standard InChI is InChI=1S/C23H28FN3O/c1-25-13-14-27-21-10-12-26(11-3-15-28-18-8-6-17(24)7-9-18)16-20(21)19-4-2-5-22(25)23(19)27/h2,4-9,20-21H,3,10-16H2,1H3/t20-,21?/m0/s1. The molecular weight excluding hydrogens is 353 g/mol. The lowest BCUT2D eigenvalue weighted by Gasteiger charge is -2.41. The number of hydrogen-bond donors (Lipinski definition) is 0. The molecule has 1 saturated heterocycles. The van der Waals surface area contributed by atoms with E-state index in [4.69, 9.17) is 4.74 Å². The van der Waals surface area contributed by atoms with Gasteiger partial charge in [-0.3, -0.25) is 0 Å². The van der Waals surface area contributed by atoms with Gasteiger partial charge in [-0.05, 0) is 48.7 Å². The maximum atomic E-state index is 13.0. The average molecular weight is 381 g/mol. The van der Waals surface area contributed by atoms with Crippen molar-refractivity contribution in [2.45, 2.75) is 24.8 Å². The number of para-hydroxylation sites is 1. The summed E-state index contributed by atoms with van der Waals surface area (Å²) < 4.78 is 18.7. The minimum atomic E-state index is -0.223. The third-order valence-corrected chi connectivity index (χ3v) is 6.58. The molecular formula is C23H28FN3O. The van der Waals surface area contributed by atoms with Crippen molar-refractivity contribution < 1.29 is 9.13 Å². The Morgan fingerprint density at radius 3 is 2.79 bits per heavy atom. The molecule has 0 bridgehead atoms. The Labute approximate surface area is 166 Å². The van der Waals surface area contributed by atoms with E-state index in [1.54, 1.807) is 17.7 Å². The van der Waals surface area contributed by atoms with Gasteiger partial charge in [-0.2, -0.15) is 0 Å². The Morgan fingerprint density at radius 2 is 1.93 bits per heavy atom. The van der Waals surface area contributed by atoms with E-state index in [1.807, 2.05) is 0 Å². The van der Waals surface area contributed by atoms with Gasteiger partial charge in [0.15, 0.2) is 0 Å². The molecule has 5 rings (SSSR count). The summed E-state index contributed by atoms with van der Waals surface area (Å²) in [6.07, 6.45) is 2.23. The fourth-order valence-electron chi connectivity index (χ4n) is 5.19. The molecule has 2 aromatic rings. The SMILES string of the molecule is CN1CCN2c3c(cccc31)[C@@H]1CN(CCCOc3ccc(F)cc3)CCC12. The highest BCUT2D eigenvalue weighted by molar-refractivity contribution is 5.80. The number of fused-ring (bicyclic) bond motifs is 3. The monoisotopic (exact) mass is 381 g/mol. The lowest BCUT2D eigenvalue weighted by molar-refractivity contribution is 0.178. The molecule has 148 valence electrons. The second-order valence-corrected chi connectivity index (χ2v) is 8.25. The van der Waals surface area contributed by atoms with Gasteiger partial charge in [0.25, 0.3) is 0 Å². The van der Waals surface area contributed by atoms with Gasteiger partial charge in [0.05, 0.1) is 18.0 Å². The smallest absolute Gasteiger partial charge is 0.123 e. The lowest BCUT2D eigenvalue weighted by Crippen LogP contribution is -2.49. The number of hydrogen-bond acceptors (Lipinski definition) is 4. The zero-order chi connectivity index (χ0) is 19.1. The van der Waals surface area contributed by atoms with E-state index in [-0.39, 0.29) is 5.82 Å². The fraction of sp³-hybridized carbons (Fsp3) is 0.478. The van der Waals surface area contributed by atoms with Crippen molar-refractivity contribution in [1.29, 1.82) is 0 Å². The van der Waals surface area contributed by atoms with Crippen LogP contribution < -0.4 is 14.5 Å². The summed E-state index contributed by atoms with van der Waals surface area (Å²) in [7, 11) is 2.21. The molecule has 1 fully saturated rings. The summed E-state index contributed by atoms with van der Waals surface area (Å²) in [6, 6.07) is 13.8. The minimum absolute atomic E-state index is 0.223. The zero-order valence-electron chi connectivity index (χ0n) is 16.5. The molecule has 0 aromatic heterocycles. The van der Waals surface area contributed by atoms with Crippen molar-refractivity contribution >= 4 is 11.4 Å². The van der Waals surface area contributed by atoms with E-state index in [0.717, 1.165) is 44.9 Å². The van der Waals surface area contributed by atoms with Gasteiger partial charge in [-0.15, -0.1) is 0 Å². The lowest BCUT2D eigenvalue weighted by atomic mass is 9.89. The van der Waals surface area contributed by atoms with Crippen molar-refractivity contribution in [3.8, 4) is 5.75 Å². The molecule has 5 heteroatoms. The van der Waals surface area contributed by atoms with E-state index in [9.17, 15) is 4.39 Å². The van der Waals surface area contributed by atoms with Gasteiger partial charge in [0.1, 0.15) is 11.6 Å². The van der Waals surface area contributed by atoms with Crippen molar-refractivity contribution in [3.63, 3.8) is 0 Å². The van der Waals surface area contributed by atoms with Gasteiger partial charge in [0, 0.05) is 51.7 Å². The number of nitrogens with zero attached hydrogens (tertiary/aromatic N) is 3. The summed E-state index contributed by atoms with van der Waals surface area (Å²) in [4.78, 5) is 7.68. The van der Waals surface area contributed by atoms with E-state index < -0.39 is 0 Å². The van der Waals surface area contributed by atoms with Crippen LogP contribution in [0.15, 0.2) is 42.5 Å². The molecule has 0 radical (unpaired) electrons. The molecule has 3 heterocycles. The van der Waals surface area contributed by atoms with Crippen molar-refractivity contribution in [2.75, 3.05) is 56.2 Å². The largest absolute Gasteiger partial charge is 0.494 e. The third-order valence-electron chi connectivity index (χ3n) is 6.58. The van der Waals surface area contributed by atoms with Gasteiger partial charge >= 0.3 is 0 Å². The van der Waals surface area contributed by atoms with Crippen molar-refractivity contribution in [1.82, 2.24) is 4.90 Å². The molecule has 0 aliphatic carbocycles. The topological polar surface area (TPSA) is 19.0 Å². The summed E-state index contributed by atoms with van der Waals surface area (Å²) in [5, 5.41) is 0. The first kappa shape index (κ1) is 17.8. The number of benzene rings is 2. The number of piperidine rings is 1. The molecule has 4 nitrogen and oxygen atoms in total. The Bertz CT molecular complexity index is 840. The molecule has 2 aromatic carbocycles. The summed E-state index contributed by atoms with van der Waals surface area (Å²) in [6.45, 7) is 6.29. The molecule has 3 aliphatic heterocycles. The van der Waals surface area contributed by atoms with Crippen LogP contribution in [0.3, 0.4) is 0 Å². The van der Waals surface area contributed by atoms with Crippen LogP contribution in [0.5, 0.6) is 5.75 Å². The van der Waals surface area contributed by atoms with Gasteiger partial charge in [-0.25, -0.2) is 4.39 Å². The minimum Gasteiger partial charge on any atom is -0.494 e. The highest BCUT2D eigenvalue weighted by atomic mass is 19.1. The van der Waals surface area contributed by atoms with Crippen LogP contribution in [0.25, 0.3) is 0 Å². The van der Waals surface area contributed by atoms with E-state index in [0.29, 0.717) is 18.6 Å². The van der Waals surface area contributed by atoms with Crippen LogP contribution in [0.4, 0.5) is 15.8 Å². The van der Waals surface area contributed by atoms with E-state index >= 15 is 0 Å². The van der Waals surface area contributed by atoms with Crippen molar-refractivity contribution in [2.24, 2.45) is 0 Å². The van der Waals surface area contributed by atoms with E-state index in [2.05, 4.69) is 39.9 Å². The predicted molar refractivity (Wildman–Crippen MR) is 111 cm³/mol. The molecule has 1 unspecified atom stereocenters. The molecule has 0 saturated carbocycles. The number of anilines is 2.